The van der Waals surface area contributed by atoms with Gasteiger partial charge in [0.25, 0.3) is 0 Å². The Morgan fingerprint density at radius 1 is 1.24 bits per heavy atom. The molecule has 3 unspecified atom stereocenters. The lowest BCUT2D eigenvalue weighted by Crippen LogP contribution is -2.49. The second kappa shape index (κ2) is 6.27. The summed E-state index contributed by atoms with van der Waals surface area (Å²) in [5.41, 5.74) is 0.154. The SMILES string of the molecule is CBC1CCCC(CC(C)C)(C(C)C(C)C)O1. The lowest BCUT2D eigenvalue weighted by atomic mass is 9.66. The van der Waals surface area contributed by atoms with Crippen LogP contribution in [0, 0.1) is 17.8 Å². The molecule has 0 N–H and O–H groups in total. The zero-order chi connectivity index (χ0) is 13.1. The maximum Gasteiger partial charge on any atom is 0.154 e. The zero-order valence-electron chi connectivity index (χ0n) is 12.8. The summed E-state index contributed by atoms with van der Waals surface area (Å²) in [5, 5.41) is 0. The van der Waals surface area contributed by atoms with Gasteiger partial charge in [-0.1, -0.05) is 41.4 Å². The summed E-state index contributed by atoms with van der Waals surface area (Å²) >= 11 is 0. The first kappa shape index (κ1) is 15.1. The van der Waals surface area contributed by atoms with Crippen molar-refractivity contribution in [2.24, 2.45) is 17.8 Å². The fourth-order valence-electron chi connectivity index (χ4n) is 3.34. The molecule has 0 aromatic heterocycles. The van der Waals surface area contributed by atoms with Gasteiger partial charge in [-0.05, 0) is 43.4 Å². The molecule has 0 amide bonds. The number of ether oxygens (including phenoxy) is 1. The fourth-order valence-corrected chi connectivity index (χ4v) is 3.34. The van der Waals surface area contributed by atoms with E-state index in [4.69, 9.17) is 4.74 Å². The van der Waals surface area contributed by atoms with E-state index >= 15 is 0 Å². The minimum Gasteiger partial charge on any atom is -0.380 e. The fraction of sp³-hybridized carbons (Fsp3) is 1.00. The summed E-state index contributed by atoms with van der Waals surface area (Å²) < 4.78 is 6.56. The molecule has 0 bridgehead atoms. The third-order valence-electron chi connectivity index (χ3n) is 4.57. The van der Waals surface area contributed by atoms with Gasteiger partial charge in [0.1, 0.15) is 0 Å². The quantitative estimate of drug-likeness (QED) is 0.656. The van der Waals surface area contributed by atoms with Crippen molar-refractivity contribution < 1.29 is 4.74 Å². The van der Waals surface area contributed by atoms with Crippen LogP contribution in [0.5, 0.6) is 0 Å². The summed E-state index contributed by atoms with van der Waals surface area (Å²) in [7, 11) is 1.17. The predicted octanol–water partition coefficient (Wildman–Crippen LogP) is 4.07. The van der Waals surface area contributed by atoms with Crippen molar-refractivity contribution in [3.8, 4) is 0 Å². The average molecular weight is 238 g/mol. The number of hydrogen-bond acceptors (Lipinski definition) is 1. The predicted molar refractivity (Wildman–Crippen MR) is 77.9 cm³/mol. The molecular formula is C15H31BO. The molecule has 0 aromatic carbocycles. The summed E-state index contributed by atoms with van der Waals surface area (Å²) in [6.45, 7) is 14.0. The van der Waals surface area contributed by atoms with Gasteiger partial charge in [0.15, 0.2) is 7.28 Å². The summed E-state index contributed by atoms with van der Waals surface area (Å²) in [5.74, 6) is 2.11. The van der Waals surface area contributed by atoms with Crippen LogP contribution in [0.25, 0.3) is 0 Å². The lowest BCUT2D eigenvalue weighted by Gasteiger charge is -2.48. The smallest absolute Gasteiger partial charge is 0.154 e. The minimum absolute atomic E-state index is 0.154. The van der Waals surface area contributed by atoms with Crippen LogP contribution in [0.15, 0.2) is 0 Å². The van der Waals surface area contributed by atoms with E-state index in [2.05, 4.69) is 41.4 Å². The Hall–Kier alpha value is 0.0249. The topological polar surface area (TPSA) is 9.23 Å². The second-order valence-corrected chi connectivity index (χ2v) is 6.74. The van der Waals surface area contributed by atoms with Crippen molar-refractivity contribution in [3.63, 3.8) is 0 Å². The molecule has 1 aliphatic rings. The largest absolute Gasteiger partial charge is 0.380 e. The van der Waals surface area contributed by atoms with Gasteiger partial charge in [-0.3, -0.25) is 0 Å². The molecule has 0 aliphatic carbocycles. The first-order valence-electron chi connectivity index (χ1n) is 7.59. The molecule has 2 heteroatoms. The van der Waals surface area contributed by atoms with Gasteiger partial charge in [-0.25, -0.2) is 0 Å². The van der Waals surface area contributed by atoms with Gasteiger partial charge in [0, 0.05) is 6.00 Å². The standard InChI is InChI=1S/C15H31BO/c1-11(2)10-15(13(5)12(3)4)9-7-8-14(16-6)17-15/h11-14,16H,7-10H2,1-6H3. The summed E-state index contributed by atoms with van der Waals surface area (Å²) in [4.78, 5) is 0. The molecular weight excluding hydrogens is 207 g/mol. The van der Waals surface area contributed by atoms with Crippen molar-refractivity contribution in [3.05, 3.63) is 0 Å². The molecule has 1 aliphatic heterocycles. The van der Waals surface area contributed by atoms with Crippen LogP contribution in [0.2, 0.25) is 6.82 Å². The average Bonchev–Trinajstić information content (AvgIpc) is 2.27. The Bertz CT molecular complexity index is 227. The number of rotatable bonds is 5. The molecule has 0 spiro atoms. The van der Waals surface area contributed by atoms with Gasteiger partial charge in [0.2, 0.25) is 0 Å². The minimum atomic E-state index is 0.154. The molecule has 100 valence electrons. The maximum absolute atomic E-state index is 6.56. The van der Waals surface area contributed by atoms with E-state index in [0.717, 1.165) is 5.92 Å². The van der Waals surface area contributed by atoms with Crippen LogP contribution >= 0.6 is 0 Å². The first-order chi connectivity index (χ1) is 7.91. The second-order valence-electron chi connectivity index (χ2n) is 6.74. The molecule has 1 rings (SSSR count). The third kappa shape index (κ3) is 3.74. The van der Waals surface area contributed by atoms with E-state index < -0.39 is 0 Å². The van der Waals surface area contributed by atoms with Gasteiger partial charge in [-0.2, -0.15) is 0 Å². The van der Waals surface area contributed by atoms with Crippen LogP contribution < -0.4 is 0 Å². The van der Waals surface area contributed by atoms with Crippen molar-refractivity contribution in [1.29, 1.82) is 0 Å². The monoisotopic (exact) mass is 238 g/mol. The molecule has 0 aromatic rings. The highest BCUT2D eigenvalue weighted by Crippen LogP contribution is 2.42. The van der Waals surface area contributed by atoms with E-state index in [1.807, 2.05) is 0 Å². The number of hydrogen-bond donors (Lipinski definition) is 0. The van der Waals surface area contributed by atoms with Crippen LogP contribution in [-0.4, -0.2) is 18.9 Å². The summed E-state index contributed by atoms with van der Waals surface area (Å²) in [6.07, 6.45) is 5.10. The molecule has 0 radical (unpaired) electrons. The Labute approximate surface area is 109 Å². The zero-order valence-corrected chi connectivity index (χ0v) is 12.8. The molecule has 1 heterocycles. The summed E-state index contributed by atoms with van der Waals surface area (Å²) in [6, 6.07) is 0.503. The molecule has 17 heavy (non-hydrogen) atoms. The molecule has 1 fully saturated rings. The first-order valence-corrected chi connectivity index (χ1v) is 7.59. The lowest BCUT2D eigenvalue weighted by molar-refractivity contribution is -0.149. The van der Waals surface area contributed by atoms with Gasteiger partial charge in [0.05, 0.1) is 5.60 Å². The van der Waals surface area contributed by atoms with E-state index in [1.165, 1.54) is 33.0 Å². The van der Waals surface area contributed by atoms with Crippen LogP contribution in [-0.2, 0) is 4.74 Å². The van der Waals surface area contributed by atoms with Crippen LogP contribution in [0.3, 0.4) is 0 Å². The van der Waals surface area contributed by atoms with E-state index in [-0.39, 0.29) is 5.60 Å². The highest BCUT2D eigenvalue weighted by Gasteiger charge is 2.42. The van der Waals surface area contributed by atoms with Crippen molar-refractivity contribution in [2.75, 3.05) is 0 Å². The van der Waals surface area contributed by atoms with Crippen LogP contribution in [0.4, 0.5) is 0 Å². The van der Waals surface area contributed by atoms with Crippen molar-refractivity contribution in [2.45, 2.75) is 78.7 Å². The van der Waals surface area contributed by atoms with Gasteiger partial charge in [-0.15, -0.1) is 0 Å². The van der Waals surface area contributed by atoms with E-state index in [0.29, 0.717) is 17.8 Å². The Morgan fingerprint density at radius 2 is 1.88 bits per heavy atom. The van der Waals surface area contributed by atoms with Gasteiger partial charge >= 0.3 is 0 Å². The molecule has 1 saturated heterocycles. The normalized spacial score (nSPS) is 31.9. The van der Waals surface area contributed by atoms with E-state index in [1.54, 1.807) is 0 Å². The van der Waals surface area contributed by atoms with Crippen molar-refractivity contribution >= 4 is 7.28 Å². The maximum atomic E-state index is 6.56. The van der Waals surface area contributed by atoms with Crippen LogP contribution in [0.1, 0.15) is 60.3 Å². The third-order valence-corrected chi connectivity index (χ3v) is 4.57. The molecule has 3 atom stereocenters. The van der Waals surface area contributed by atoms with E-state index in [9.17, 15) is 0 Å². The van der Waals surface area contributed by atoms with Gasteiger partial charge < -0.3 is 4.74 Å². The highest BCUT2D eigenvalue weighted by atomic mass is 16.5. The Morgan fingerprint density at radius 3 is 2.35 bits per heavy atom. The Kier molecular flexibility index (Phi) is 5.56. The molecule has 0 saturated carbocycles. The highest BCUT2D eigenvalue weighted by molar-refractivity contribution is 6.35. The Balaban J connectivity index is 2.84. The molecule has 1 nitrogen and oxygen atoms in total. The van der Waals surface area contributed by atoms with Crippen molar-refractivity contribution in [1.82, 2.24) is 0 Å².